The number of hydrogen-bond donors (Lipinski definition) is 0. The number of esters is 1. The number of rotatable bonds is 6. The molecular formula is C19H23BrO2Si. The number of benzene rings is 2. The predicted molar refractivity (Wildman–Crippen MR) is 103 cm³/mol. The Kier molecular flexibility index (Phi) is 6.19. The molecule has 0 aliphatic carbocycles. The van der Waals surface area contributed by atoms with Crippen LogP contribution >= 0.6 is 15.9 Å². The summed E-state index contributed by atoms with van der Waals surface area (Å²) in [6, 6.07) is 16.9. The van der Waals surface area contributed by atoms with Crippen molar-refractivity contribution in [3.8, 4) is 11.1 Å². The van der Waals surface area contributed by atoms with Crippen molar-refractivity contribution in [3.05, 3.63) is 59.7 Å². The highest BCUT2D eigenvalue weighted by Crippen LogP contribution is 2.25. The number of carbonyl (C=O) groups is 1. The molecule has 0 N–H and O–H groups in total. The molecule has 0 aliphatic rings. The number of carbonyl (C=O) groups excluding carboxylic acids is 1. The Morgan fingerprint density at radius 3 is 2.30 bits per heavy atom. The fourth-order valence-corrected chi connectivity index (χ4v) is 3.30. The fourth-order valence-electron chi connectivity index (χ4n) is 2.21. The Labute approximate surface area is 148 Å². The molecule has 0 spiro atoms. The van der Waals surface area contributed by atoms with Gasteiger partial charge in [0.2, 0.25) is 0 Å². The smallest absolute Gasteiger partial charge is 0.338 e. The maximum absolute atomic E-state index is 12.4. The van der Waals surface area contributed by atoms with Gasteiger partial charge in [-0.3, -0.25) is 0 Å². The van der Waals surface area contributed by atoms with E-state index in [-0.39, 0.29) is 5.97 Å². The maximum atomic E-state index is 12.4. The van der Waals surface area contributed by atoms with Crippen molar-refractivity contribution < 1.29 is 9.53 Å². The molecule has 0 amide bonds. The Morgan fingerprint density at radius 1 is 1.04 bits per heavy atom. The molecule has 0 saturated carbocycles. The third kappa shape index (κ3) is 5.32. The molecule has 2 nitrogen and oxygen atoms in total. The van der Waals surface area contributed by atoms with Crippen LogP contribution in [0.3, 0.4) is 0 Å². The average Bonchev–Trinajstić information content (AvgIpc) is 2.53. The van der Waals surface area contributed by atoms with E-state index in [1.165, 1.54) is 5.56 Å². The first-order valence-corrected chi connectivity index (χ1v) is 12.6. The van der Waals surface area contributed by atoms with Gasteiger partial charge in [-0.15, -0.1) is 0 Å². The van der Waals surface area contributed by atoms with Crippen LogP contribution in [0.15, 0.2) is 48.5 Å². The third-order valence-electron chi connectivity index (χ3n) is 3.65. The van der Waals surface area contributed by atoms with Crippen LogP contribution in [-0.2, 0) is 10.1 Å². The normalized spacial score (nSPS) is 11.3. The minimum Gasteiger partial charge on any atom is -0.462 e. The number of alkyl halides is 1. The van der Waals surface area contributed by atoms with Gasteiger partial charge >= 0.3 is 5.97 Å². The van der Waals surface area contributed by atoms with Crippen molar-refractivity contribution in [2.75, 3.05) is 6.61 Å². The van der Waals surface area contributed by atoms with E-state index in [9.17, 15) is 4.79 Å². The molecule has 0 aliphatic heterocycles. The first-order chi connectivity index (χ1) is 10.9. The highest BCUT2D eigenvalue weighted by molar-refractivity contribution is 9.08. The highest BCUT2D eigenvalue weighted by atomic mass is 79.9. The van der Waals surface area contributed by atoms with Gasteiger partial charge in [0.05, 0.1) is 12.2 Å². The summed E-state index contributed by atoms with van der Waals surface area (Å²) in [5.41, 5.74) is 3.80. The molecule has 2 rings (SSSR count). The van der Waals surface area contributed by atoms with Gasteiger partial charge in [0.1, 0.15) is 0 Å². The van der Waals surface area contributed by atoms with Crippen molar-refractivity contribution in [1.29, 1.82) is 0 Å². The molecular weight excluding hydrogens is 368 g/mol. The second-order valence-electron chi connectivity index (χ2n) is 6.82. The van der Waals surface area contributed by atoms with Crippen molar-refractivity contribution in [2.24, 2.45) is 0 Å². The molecule has 2 aromatic carbocycles. The Morgan fingerprint density at radius 2 is 1.70 bits per heavy atom. The van der Waals surface area contributed by atoms with E-state index in [1.54, 1.807) is 0 Å². The van der Waals surface area contributed by atoms with Crippen LogP contribution in [-0.4, -0.2) is 20.7 Å². The lowest BCUT2D eigenvalue weighted by atomic mass is 9.99. The standard InChI is InChI=1S/C19H23BrO2Si/c1-23(2,3)13-12-22-19(21)18-7-5-4-6-17(18)16-10-8-15(14-20)9-11-16/h4-11H,12-14H2,1-3H3. The van der Waals surface area contributed by atoms with E-state index >= 15 is 0 Å². The molecule has 0 atom stereocenters. The summed E-state index contributed by atoms with van der Waals surface area (Å²) < 4.78 is 5.50. The zero-order valence-corrected chi connectivity index (χ0v) is 16.5. The summed E-state index contributed by atoms with van der Waals surface area (Å²) in [4.78, 5) is 12.4. The van der Waals surface area contributed by atoms with Gasteiger partial charge in [-0.25, -0.2) is 4.79 Å². The first-order valence-electron chi connectivity index (χ1n) is 7.82. The minimum absolute atomic E-state index is 0.233. The van der Waals surface area contributed by atoms with Crippen LogP contribution in [0.1, 0.15) is 15.9 Å². The molecule has 0 saturated heterocycles. The zero-order chi connectivity index (χ0) is 16.9. The lowest BCUT2D eigenvalue weighted by Gasteiger charge is -2.16. The van der Waals surface area contributed by atoms with Crippen LogP contribution in [0.5, 0.6) is 0 Å². The van der Waals surface area contributed by atoms with E-state index in [4.69, 9.17) is 4.74 Å². The molecule has 0 heterocycles. The molecule has 0 bridgehead atoms. The van der Waals surface area contributed by atoms with Gasteiger partial charge in [-0.05, 0) is 28.8 Å². The van der Waals surface area contributed by atoms with Gasteiger partial charge in [0.15, 0.2) is 0 Å². The maximum Gasteiger partial charge on any atom is 0.338 e. The van der Waals surface area contributed by atoms with Gasteiger partial charge < -0.3 is 4.74 Å². The summed E-state index contributed by atoms with van der Waals surface area (Å²) in [7, 11) is -1.19. The highest BCUT2D eigenvalue weighted by Gasteiger charge is 2.17. The van der Waals surface area contributed by atoms with E-state index in [1.807, 2.05) is 36.4 Å². The second kappa shape index (κ2) is 7.93. The van der Waals surface area contributed by atoms with Crippen LogP contribution in [0, 0.1) is 0 Å². The Bertz CT molecular complexity index is 660. The third-order valence-corrected chi connectivity index (χ3v) is 6.00. The molecule has 0 radical (unpaired) electrons. The molecule has 0 fully saturated rings. The summed E-state index contributed by atoms with van der Waals surface area (Å²) in [5, 5.41) is 0.827. The topological polar surface area (TPSA) is 26.3 Å². The molecule has 0 aromatic heterocycles. The zero-order valence-electron chi connectivity index (χ0n) is 13.9. The average molecular weight is 391 g/mol. The van der Waals surface area contributed by atoms with Crippen molar-refractivity contribution in [3.63, 3.8) is 0 Å². The molecule has 0 unspecified atom stereocenters. The van der Waals surface area contributed by atoms with Gasteiger partial charge in [0, 0.05) is 13.4 Å². The van der Waals surface area contributed by atoms with E-state index in [0.29, 0.717) is 12.2 Å². The monoisotopic (exact) mass is 390 g/mol. The van der Waals surface area contributed by atoms with Gasteiger partial charge in [-0.2, -0.15) is 0 Å². The van der Waals surface area contributed by atoms with E-state index in [2.05, 4.69) is 47.7 Å². The van der Waals surface area contributed by atoms with Crippen LogP contribution in [0.25, 0.3) is 11.1 Å². The lowest BCUT2D eigenvalue weighted by Crippen LogP contribution is -2.22. The van der Waals surface area contributed by atoms with Crippen molar-refractivity contribution in [1.82, 2.24) is 0 Å². The van der Waals surface area contributed by atoms with Crippen molar-refractivity contribution >= 4 is 30.0 Å². The summed E-state index contributed by atoms with van der Waals surface area (Å²) >= 11 is 3.45. The molecule has 4 heteroatoms. The summed E-state index contributed by atoms with van der Waals surface area (Å²) in [6.07, 6.45) is 0. The van der Waals surface area contributed by atoms with E-state index < -0.39 is 8.07 Å². The number of ether oxygens (including phenoxy) is 1. The fraction of sp³-hybridized carbons (Fsp3) is 0.316. The van der Waals surface area contributed by atoms with Gasteiger partial charge in [-0.1, -0.05) is 78.0 Å². The largest absolute Gasteiger partial charge is 0.462 e. The quantitative estimate of drug-likeness (QED) is 0.356. The predicted octanol–water partition coefficient (Wildman–Crippen LogP) is 5.74. The summed E-state index contributed by atoms with van der Waals surface area (Å²) in [5.74, 6) is -0.233. The Hall–Kier alpha value is -1.39. The molecule has 2 aromatic rings. The van der Waals surface area contributed by atoms with Gasteiger partial charge in [0.25, 0.3) is 0 Å². The Balaban J connectivity index is 2.17. The second-order valence-corrected chi connectivity index (χ2v) is 13.0. The number of halogens is 1. The molecule has 122 valence electrons. The lowest BCUT2D eigenvalue weighted by molar-refractivity contribution is 0.0526. The van der Waals surface area contributed by atoms with E-state index in [0.717, 1.165) is 22.5 Å². The van der Waals surface area contributed by atoms with Crippen LogP contribution in [0.2, 0.25) is 25.7 Å². The first kappa shape index (κ1) is 18.0. The minimum atomic E-state index is -1.19. The number of hydrogen-bond acceptors (Lipinski definition) is 2. The SMILES string of the molecule is C[Si](C)(C)CCOC(=O)c1ccccc1-c1ccc(CBr)cc1. The van der Waals surface area contributed by atoms with Crippen LogP contribution < -0.4 is 0 Å². The summed E-state index contributed by atoms with van der Waals surface area (Å²) in [6.45, 7) is 7.34. The molecule has 23 heavy (non-hydrogen) atoms. The van der Waals surface area contributed by atoms with Crippen molar-refractivity contribution in [2.45, 2.75) is 31.0 Å². The van der Waals surface area contributed by atoms with Crippen LogP contribution in [0.4, 0.5) is 0 Å².